The van der Waals surface area contributed by atoms with E-state index in [1.807, 2.05) is 0 Å². The molecule has 0 unspecified atom stereocenters. The molecule has 1 aliphatic heterocycles. The van der Waals surface area contributed by atoms with Gasteiger partial charge in [0.2, 0.25) is 0 Å². The summed E-state index contributed by atoms with van der Waals surface area (Å²) in [5, 5.41) is 13.1. The van der Waals surface area contributed by atoms with Gasteiger partial charge in [0.15, 0.2) is 0 Å². The zero-order valence-corrected chi connectivity index (χ0v) is 6.85. The van der Waals surface area contributed by atoms with Crippen LogP contribution >= 0.6 is 0 Å². The molecule has 1 aliphatic rings. The fourth-order valence-electron chi connectivity index (χ4n) is 1.69. The van der Waals surface area contributed by atoms with Crippen LogP contribution in [0.5, 0.6) is 0 Å². The third kappa shape index (κ3) is 1.32. The molecule has 0 aromatic carbocycles. The zero-order valence-electron chi connectivity index (χ0n) is 6.85. The molecular weight excluding hydrogens is 126 g/mol. The van der Waals surface area contributed by atoms with Crippen molar-refractivity contribution in [3.8, 4) is 0 Å². The van der Waals surface area contributed by atoms with E-state index in [1.54, 1.807) is 0 Å². The maximum atomic E-state index is 9.90. The molecular formula is C8H17NO. The first-order valence-electron chi connectivity index (χ1n) is 4.15. The van der Waals surface area contributed by atoms with E-state index in [2.05, 4.69) is 19.2 Å². The number of hydrogen-bond acceptors (Lipinski definition) is 2. The number of hydrogen-bond donors (Lipinski definition) is 2. The van der Waals surface area contributed by atoms with Crippen LogP contribution in [0.15, 0.2) is 0 Å². The van der Waals surface area contributed by atoms with E-state index in [0.29, 0.717) is 0 Å². The lowest BCUT2D eigenvalue weighted by Gasteiger charge is -2.26. The van der Waals surface area contributed by atoms with Crippen LogP contribution < -0.4 is 5.32 Å². The van der Waals surface area contributed by atoms with Gasteiger partial charge < -0.3 is 10.4 Å². The second kappa shape index (κ2) is 2.89. The standard InChI is InChI=1S/C8H17NO/c1-3-4-8(10)5-6-9-7(8)2/h7,9-10H,3-6H2,1-2H3/t7-,8-/m0/s1. The summed E-state index contributed by atoms with van der Waals surface area (Å²) in [6, 6.07) is 0.285. The molecule has 2 nitrogen and oxygen atoms in total. The third-order valence-electron chi connectivity index (χ3n) is 2.50. The van der Waals surface area contributed by atoms with Gasteiger partial charge in [-0.3, -0.25) is 0 Å². The van der Waals surface area contributed by atoms with E-state index in [4.69, 9.17) is 0 Å². The molecule has 1 saturated heterocycles. The molecule has 0 aliphatic carbocycles. The van der Waals surface area contributed by atoms with Gasteiger partial charge in [0.05, 0.1) is 5.60 Å². The van der Waals surface area contributed by atoms with Gasteiger partial charge in [0.1, 0.15) is 0 Å². The summed E-state index contributed by atoms with van der Waals surface area (Å²) in [4.78, 5) is 0. The van der Waals surface area contributed by atoms with E-state index >= 15 is 0 Å². The topological polar surface area (TPSA) is 32.3 Å². The van der Waals surface area contributed by atoms with Crippen molar-refractivity contribution in [2.75, 3.05) is 6.54 Å². The van der Waals surface area contributed by atoms with Crippen LogP contribution in [0.1, 0.15) is 33.1 Å². The number of aliphatic hydroxyl groups is 1. The van der Waals surface area contributed by atoms with Gasteiger partial charge in [0, 0.05) is 6.04 Å². The molecule has 1 rings (SSSR count). The van der Waals surface area contributed by atoms with Gasteiger partial charge in [-0.1, -0.05) is 13.3 Å². The molecule has 1 fully saturated rings. The quantitative estimate of drug-likeness (QED) is 0.602. The van der Waals surface area contributed by atoms with Crippen molar-refractivity contribution in [1.29, 1.82) is 0 Å². The third-order valence-corrected chi connectivity index (χ3v) is 2.50. The normalized spacial score (nSPS) is 40.5. The second-order valence-electron chi connectivity index (χ2n) is 3.28. The molecule has 0 bridgehead atoms. The predicted octanol–water partition coefficient (Wildman–Crippen LogP) is 0.899. The lowest BCUT2D eigenvalue weighted by molar-refractivity contribution is 0.0239. The molecule has 0 aromatic heterocycles. The van der Waals surface area contributed by atoms with Crippen molar-refractivity contribution in [1.82, 2.24) is 5.32 Å². The molecule has 60 valence electrons. The Morgan fingerprint density at radius 2 is 2.40 bits per heavy atom. The van der Waals surface area contributed by atoms with Crippen LogP contribution in [0.25, 0.3) is 0 Å². The largest absolute Gasteiger partial charge is 0.388 e. The minimum absolute atomic E-state index is 0.285. The Morgan fingerprint density at radius 3 is 2.80 bits per heavy atom. The average molecular weight is 143 g/mol. The van der Waals surface area contributed by atoms with Gasteiger partial charge in [-0.15, -0.1) is 0 Å². The van der Waals surface area contributed by atoms with Gasteiger partial charge in [-0.05, 0) is 26.3 Å². The molecule has 2 atom stereocenters. The first-order valence-corrected chi connectivity index (χ1v) is 4.15. The van der Waals surface area contributed by atoms with E-state index in [0.717, 1.165) is 25.8 Å². The highest BCUT2D eigenvalue weighted by molar-refractivity contribution is 4.94. The summed E-state index contributed by atoms with van der Waals surface area (Å²) in [7, 11) is 0. The maximum Gasteiger partial charge on any atom is 0.0809 e. The Kier molecular flexibility index (Phi) is 2.32. The molecule has 0 radical (unpaired) electrons. The summed E-state index contributed by atoms with van der Waals surface area (Å²) in [5.74, 6) is 0. The minimum atomic E-state index is -0.408. The number of nitrogens with one attached hydrogen (secondary N) is 1. The van der Waals surface area contributed by atoms with Crippen molar-refractivity contribution in [3.05, 3.63) is 0 Å². The van der Waals surface area contributed by atoms with Crippen molar-refractivity contribution < 1.29 is 5.11 Å². The smallest absolute Gasteiger partial charge is 0.0809 e. The Morgan fingerprint density at radius 1 is 1.70 bits per heavy atom. The molecule has 0 spiro atoms. The van der Waals surface area contributed by atoms with Crippen LogP contribution in [-0.4, -0.2) is 23.3 Å². The highest BCUT2D eigenvalue weighted by Gasteiger charge is 2.36. The molecule has 10 heavy (non-hydrogen) atoms. The summed E-state index contributed by atoms with van der Waals surface area (Å²) in [5.41, 5.74) is -0.408. The van der Waals surface area contributed by atoms with E-state index < -0.39 is 5.60 Å². The number of rotatable bonds is 2. The summed E-state index contributed by atoms with van der Waals surface area (Å²) < 4.78 is 0. The molecule has 0 saturated carbocycles. The first-order chi connectivity index (χ1) is 4.69. The Bertz CT molecular complexity index is 116. The first kappa shape index (κ1) is 8.02. The Balaban J connectivity index is 2.48. The second-order valence-corrected chi connectivity index (χ2v) is 3.28. The van der Waals surface area contributed by atoms with Crippen LogP contribution in [0, 0.1) is 0 Å². The fraction of sp³-hybridized carbons (Fsp3) is 1.00. The van der Waals surface area contributed by atoms with Crippen molar-refractivity contribution in [2.45, 2.75) is 44.8 Å². The van der Waals surface area contributed by atoms with Crippen LogP contribution in [0.4, 0.5) is 0 Å². The summed E-state index contributed by atoms with van der Waals surface area (Å²) >= 11 is 0. The molecule has 0 amide bonds. The molecule has 0 aromatic rings. The van der Waals surface area contributed by atoms with E-state index in [9.17, 15) is 5.11 Å². The Hall–Kier alpha value is -0.0800. The molecule has 1 heterocycles. The summed E-state index contributed by atoms with van der Waals surface area (Å²) in [6.45, 7) is 5.14. The monoisotopic (exact) mass is 143 g/mol. The van der Waals surface area contributed by atoms with Gasteiger partial charge in [0.25, 0.3) is 0 Å². The van der Waals surface area contributed by atoms with Crippen molar-refractivity contribution >= 4 is 0 Å². The average Bonchev–Trinajstić information content (AvgIpc) is 2.15. The lowest BCUT2D eigenvalue weighted by Crippen LogP contribution is -2.40. The highest BCUT2D eigenvalue weighted by atomic mass is 16.3. The van der Waals surface area contributed by atoms with Gasteiger partial charge in [-0.2, -0.15) is 0 Å². The van der Waals surface area contributed by atoms with E-state index in [1.165, 1.54) is 0 Å². The van der Waals surface area contributed by atoms with Crippen molar-refractivity contribution in [2.24, 2.45) is 0 Å². The zero-order chi connectivity index (χ0) is 7.61. The molecule has 2 N–H and O–H groups in total. The van der Waals surface area contributed by atoms with Crippen LogP contribution in [-0.2, 0) is 0 Å². The SMILES string of the molecule is CCC[C@]1(O)CCN[C@H]1C. The lowest BCUT2D eigenvalue weighted by atomic mass is 9.91. The Labute approximate surface area is 62.6 Å². The predicted molar refractivity (Wildman–Crippen MR) is 41.9 cm³/mol. The minimum Gasteiger partial charge on any atom is -0.388 e. The van der Waals surface area contributed by atoms with Crippen molar-refractivity contribution in [3.63, 3.8) is 0 Å². The fourth-order valence-corrected chi connectivity index (χ4v) is 1.69. The van der Waals surface area contributed by atoms with Crippen LogP contribution in [0.2, 0.25) is 0 Å². The van der Waals surface area contributed by atoms with Gasteiger partial charge >= 0.3 is 0 Å². The van der Waals surface area contributed by atoms with E-state index in [-0.39, 0.29) is 6.04 Å². The maximum absolute atomic E-state index is 9.90. The summed E-state index contributed by atoms with van der Waals surface area (Å²) in [6.07, 6.45) is 2.92. The van der Waals surface area contributed by atoms with Gasteiger partial charge in [-0.25, -0.2) is 0 Å². The molecule has 2 heteroatoms. The highest BCUT2D eigenvalue weighted by Crippen LogP contribution is 2.25. The van der Waals surface area contributed by atoms with Crippen LogP contribution in [0.3, 0.4) is 0 Å².